The Kier molecular flexibility index (Phi) is 4.79. The second kappa shape index (κ2) is 6.78. The summed E-state index contributed by atoms with van der Waals surface area (Å²) in [5.74, 6) is 1.15. The molecule has 1 aromatic rings. The normalized spacial score (nSPS) is 20.3. The first kappa shape index (κ1) is 14.8. The number of rotatable bonds is 5. The number of anilines is 1. The zero-order chi connectivity index (χ0) is 14.7. The van der Waals surface area contributed by atoms with Gasteiger partial charge in [-0.3, -0.25) is 0 Å². The maximum absolute atomic E-state index is 4.86. The topological polar surface area (TPSA) is 28.2 Å². The van der Waals surface area contributed by atoms with Crippen molar-refractivity contribution in [1.29, 1.82) is 0 Å². The quantitative estimate of drug-likeness (QED) is 0.835. The van der Waals surface area contributed by atoms with Gasteiger partial charge in [0.15, 0.2) is 0 Å². The van der Waals surface area contributed by atoms with E-state index in [-0.39, 0.29) is 0 Å². The molecule has 0 radical (unpaired) electrons. The third kappa shape index (κ3) is 3.97. The van der Waals surface area contributed by atoms with Crippen molar-refractivity contribution in [2.45, 2.75) is 76.9 Å². The van der Waals surface area contributed by atoms with E-state index in [4.69, 9.17) is 4.98 Å². The van der Waals surface area contributed by atoms with Crippen molar-refractivity contribution in [3.63, 3.8) is 0 Å². The Morgan fingerprint density at radius 3 is 2.43 bits per heavy atom. The van der Waals surface area contributed by atoms with Crippen LogP contribution in [0.1, 0.15) is 62.6 Å². The second-order valence-corrected chi connectivity index (χ2v) is 6.83. The van der Waals surface area contributed by atoms with E-state index in [2.05, 4.69) is 36.3 Å². The number of aryl methyl sites for hydroxylation is 1. The molecule has 0 saturated heterocycles. The molecule has 0 unspecified atom stereocenters. The van der Waals surface area contributed by atoms with Crippen LogP contribution in [0.15, 0.2) is 12.1 Å². The lowest BCUT2D eigenvalue weighted by molar-refractivity contribution is 0.548. The molecule has 2 aliphatic carbocycles. The molecule has 3 rings (SSSR count). The zero-order valence-electron chi connectivity index (χ0n) is 13.6. The highest BCUT2D eigenvalue weighted by molar-refractivity contribution is 5.42. The van der Waals surface area contributed by atoms with Crippen LogP contribution in [0.25, 0.3) is 0 Å². The predicted molar refractivity (Wildman–Crippen MR) is 88.7 cm³/mol. The Balaban J connectivity index is 1.64. The van der Waals surface area contributed by atoms with Gasteiger partial charge >= 0.3 is 0 Å². The van der Waals surface area contributed by atoms with Gasteiger partial charge in [0.2, 0.25) is 0 Å². The highest BCUT2D eigenvalue weighted by Gasteiger charge is 2.21. The van der Waals surface area contributed by atoms with Crippen LogP contribution in [0.4, 0.5) is 5.82 Å². The Bertz CT molecular complexity index is 460. The van der Waals surface area contributed by atoms with Crippen LogP contribution in [0.5, 0.6) is 0 Å². The van der Waals surface area contributed by atoms with Crippen molar-refractivity contribution in [1.82, 2.24) is 10.3 Å². The van der Waals surface area contributed by atoms with Crippen LogP contribution in [0.2, 0.25) is 0 Å². The van der Waals surface area contributed by atoms with Gasteiger partial charge < -0.3 is 10.2 Å². The predicted octanol–water partition coefficient (Wildman–Crippen LogP) is 3.80. The number of aromatic nitrogens is 1. The first-order chi connectivity index (χ1) is 10.2. The van der Waals surface area contributed by atoms with Crippen molar-refractivity contribution in [3.8, 4) is 0 Å². The van der Waals surface area contributed by atoms with E-state index < -0.39 is 0 Å². The van der Waals surface area contributed by atoms with E-state index in [1.54, 1.807) is 0 Å². The first-order valence-electron chi connectivity index (χ1n) is 8.67. The summed E-state index contributed by atoms with van der Waals surface area (Å²) in [4.78, 5) is 7.28. The molecule has 3 heteroatoms. The van der Waals surface area contributed by atoms with Crippen molar-refractivity contribution < 1.29 is 0 Å². The third-order valence-electron chi connectivity index (χ3n) is 5.07. The SMILES string of the molecule is Cc1nc(N(C)C2CCCCCC2)ccc1CNC1CC1. The van der Waals surface area contributed by atoms with Gasteiger partial charge in [-0.05, 0) is 44.2 Å². The fourth-order valence-electron chi connectivity index (χ4n) is 3.33. The van der Waals surface area contributed by atoms with Crippen LogP contribution >= 0.6 is 0 Å². The van der Waals surface area contributed by atoms with Crippen LogP contribution in [-0.4, -0.2) is 24.1 Å². The Hall–Kier alpha value is -1.09. The van der Waals surface area contributed by atoms with E-state index >= 15 is 0 Å². The maximum Gasteiger partial charge on any atom is 0.128 e. The van der Waals surface area contributed by atoms with Crippen LogP contribution < -0.4 is 10.2 Å². The molecule has 0 bridgehead atoms. The molecule has 1 aromatic heterocycles. The third-order valence-corrected chi connectivity index (χ3v) is 5.07. The molecule has 0 aromatic carbocycles. The lowest BCUT2D eigenvalue weighted by Gasteiger charge is -2.28. The smallest absolute Gasteiger partial charge is 0.128 e. The Labute approximate surface area is 129 Å². The molecule has 2 saturated carbocycles. The average molecular weight is 287 g/mol. The summed E-state index contributed by atoms with van der Waals surface area (Å²) in [5, 5.41) is 3.58. The molecular formula is C18H29N3. The highest BCUT2D eigenvalue weighted by Crippen LogP contribution is 2.25. The van der Waals surface area contributed by atoms with E-state index in [1.165, 1.54) is 62.6 Å². The number of nitrogens with one attached hydrogen (secondary N) is 1. The number of hydrogen-bond acceptors (Lipinski definition) is 3. The summed E-state index contributed by atoms with van der Waals surface area (Å²) < 4.78 is 0. The number of nitrogens with zero attached hydrogens (tertiary/aromatic N) is 2. The van der Waals surface area contributed by atoms with Gasteiger partial charge in [-0.2, -0.15) is 0 Å². The minimum Gasteiger partial charge on any atom is -0.357 e. The summed E-state index contributed by atoms with van der Waals surface area (Å²) in [6.45, 7) is 3.12. The minimum absolute atomic E-state index is 0.676. The summed E-state index contributed by atoms with van der Waals surface area (Å²) in [7, 11) is 2.22. The summed E-state index contributed by atoms with van der Waals surface area (Å²) in [5.41, 5.74) is 2.53. The number of pyridine rings is 1. The second-order valence-electron chi connectivity index (χ2n) is 6.83. The lowest BCUT2D eigenvalue weighted by atomic mass is 10.1. The Morgan fingerprint density at radius 1 is 1.10 bits per heavy atom. The van der Waals surface area contributed by atoms with Crippen molar-refractivity contribution >= 4 is 5.82 Å². The molecule has 0 spiro atoms. The van der Waals surface area contributed by atoms with Crippen molar-refractivity contribution in [2.75, 3.05) is 11.9 Å². The van der Waals surface area contributed by atoms with Gasteiger partial charge in [0.1, 0.15) is 5.82 Å². The highest BCUT2D eigenvalue weighted by atomic mass is 15.2. The van der Waals surface area contributed by atoms with E-state index in [1.807, 2.05) is 0 Å². The van der Waals surface area contributed by atoms with E-state index in [0.29, 0.717) is 6.04 Å². The summed E-state index contributed by atoms with van der Waals surface area (Å²) >= 11 is 0. The zero-order valence-corrected chi connectivity index (χ0v) is 13.6. The molecule has 1 heterocycles. The summed E-state index contributed by atoms with van der Waals surface area (Å²) in [6.07, 6.45) is 10.9. The molecule has 116 valence electrons. The van der Waals surface area contributed by atoms with Gasteiger partial charge in [0.05, 0.1) is 0 Å². The van der Waals surface area contributed by atoms with Crippen molar-refractivity contribution in [2.24, 2.45) is 0 Å². The molecule has 0 atom stereocenters. The van der Waals surface area contributed by atoms with Gasteiger partial charge in [-0.1, -0.05) is 31.7 Å². The lowest BCUT2D eigenvalue weighted by Crippen LogP contribution is -2.32. The average Bonchev–Trinajstić information content (AvgIpc) is 3.32. The van der Waals surface area contributed by atoms with Gasteiger partial charge in [-0.15, -0.1) is 0 Å². The number of hydrogen-bond donors (Lipinski definition) is 1. The van der Waals surface area contributed by atoms with Crippen LogP contribution in [0, 0.1) is 6.92 Å². The molecular weight excluding hydrogens is 258 g/mol. The first-order valence-corrected chi connectivity index (χ1v) is 8.67. The van der Waals surface area contributed by atoms with E-state index in [0.717, 1.165) is 18.4 Å². The standard InChI is InChI=1S/C18H29N3/c1-14-15(13-19-16-10-11-16)9-12-18(20-14)21(2)17-7-5-3-4-6-8-17/h9,12,16-17,19H,3-8,10-11,13H2,1-2H3. The van der Waals surface area contributed by atoms with Gasteiger partial charge in [0, 0.05) is 31.4 Å². The molecule has 1 N–H and O–H groups in total. The minimum atomic E-state index is 0.676. The van der Waals surface area contributed by atoms with Crippen molar-refractivity contribution in [3.05, 3.63) is 23.4 Å². The fourth-order valence-corrected chi connectivity index (χ4v) is 3.33. The molecule has 2 aliphatic rings. The van der Waals surface area contributed by atoms with Gasteiger partial charge in [-0.25, -0.2) is 4.98 Å². The Morgan fingerprint density at radius 2 is 1.81 bits per heavy atom. The fraction of sp³-hybridized carbons (Fsp3) is 0.722. The van der Waals surface area contributed by atoms with E-state index in [9.17, 15) is 0 Å². The van der Waals surface area contributed by atoms with Crippen LogP contribution in [0.3, 0.4) is 0 Å². The van der Waals surface area contributed by atoms with Crippen LogP contribution in [-0.2, 0) is 6.54 Å². The molecule has 0 aliphatic heterocycles. The molecule has 2 fully saturated rings. The largest absolute Gasteiger partial charge is 0.357 e. The molecule has 3 nitrogen and oxygen atoms in total. The maximum atomic E-state index is 4.86. The molecule has 0 amide bonds. The summed E-state index contributed by atoms with van der Waals surface area (Å²) in [6, 6.07) is 5.91. The molecule has 21 heavy (non-hydrogen) atoms. The van der Waals surface area contributed by atoms with Gasteiger partial charge in [0.25, 0.3) is 0 Å². The monoisotopic (exact) mass is 287 g/mol.